The van der Waals surface area contributed by atoms with Crippen molar-refractivity contribution >= 4 is 0 Å². The van der Waals surface area contributed by atoms with Crippen LogP contribution in [0.1, 0.15) is 28.9 Å². The summed E-state index contributed by atoms with van der Waals surface area (Å²) in [5.41, 5.74) is 3.14. The van der Waals surface area contributed by atoms with E-state index in [0.29, 0.717) is 24.1 Å². The highest BCUT2D eigenvalue weighted by Crippen LogP contribution is 2.13. The first-order valence-electron chi connectivity index (χ1n) is 6.49. The first-order chi connectivity index (χ1) is 9.60. The van der Waals surface area contributed by atoms with Crippen LogP contribution in [0.3, 0.4) is 0 Å². The average Bonchev–Trinajstić information content (AvgIpc) is 2.71. The van der Waals surface area contributed by atoms with Crippen LogP contribution in [0.2, 0.25) is 0 Å². The first-order valence-corrected chi connectivity index (χ1v) is 6.49. The van der Waals surface area contributed by atoms with E-state index in [1.165, 1.54) is 6.07 Å². The third-order valence-corrected chi connectivity index (χ3v) is 2.95. The minimum atomic E-state index is -0.284. The Bertz CT molecular complexity index is 665. The summed E-state index contributed by atoms with van der Waals surface area (Å²) in [5.74, 6) is 5.31. The van der Waals surface area contributed by atoms with Crippen molar-refractivity contribution in [3.63, 3.8) is 0 Å². The largest absolute Gasteiger partial charge is 0.395 e. The third kappa shape index (κ3) is 3.46. The minimum Gasteiger partial charge on any atom is -0.395 e. The van der Waals surface area contributed by atoms with Crippen molar-refractivity contribution in [2.45, 2.75) is 26.8 Å². The molecule has 1 aromatic carbocycles. The van der Waals surface area contributed by atoms with Gasteiger partial charge in [-0.05, 0) is 32.0 Å². The molecule has 0 spiro atoms. The third-order valence-electron chi connectivity index (χ3n) is 2.95. The molecule has 0 aliphatic heterocycles. The Kier molecular flexibility index (Phi) is 4.54. The van der Waals surface area contributed by atoms with Gasteiger partial charge in [0.1, 0.15) is 5.82 Å². The van der Waals surface area contributed by atoms with E-state index in [1.807, 2.05) is 19.9 Å². The Morgan fingerprint density at radius 1 is 1.30 bits per heavy atom. The fourth-order valence-corrected chi connectivity index (χ4v) is 1.97. The van der Waals surface area contributed by atoms with Crippen molar-refractivity contribution in [3.05, 3.63) is 52.6 Å². The second-order valence-corrected chi connectivity index (χ2v) is 4.67. The lowest BCUT2D eigenvalue weighted by Crippen LogP contribution is -2.05. The monoisotopic (exact) mass is 272 g/mol. The van der Waals surface area contributed by atoms with E-state index in [1.54, 1.807) is 16.8 Å². The van der Waals surface area contributed by atoms with Crippen molar-refractivity contribution in [1.29, 1.82) is 0 Å². The molecule has 2 rings (SSSR count). The van der Waals surface area contributed by atoms with Gasteiger partial charge in [-0.3, -0.25) is 4.68 Å². The smallest absolute Gasteiger partial charge is 0.129 e. The minimum absolute atomic E-state index is 0.0193. The zero-order valence-corrected chi connectivity index (χ0v) is 11.7. The van der Waals surface area contributed by atoms with Crippen LogP contribution in [0.4, 0.5) is 4.39 Å². The van der Waals surface area contributed by atoms with Crippen molar-refractivity contribution in [3.8, 4) is 11.8 Å². The molecule has 20 heavy (non-hydrogen) atoms. The number of aryl methyl sites for hydroxylation is 2. The van der Waals surface area contributed by atoms with Gasteiger partial charge >= 0.3 is 0 Å². The molecule has 0 aliphatic carbocycles. The van der Waals surface area contributed by atoms with Crippen LogP contribution < -0.4 is 0 Å². The van der Waals surface area contributed by atoms with E-state index >= 15 is 0 Å². The van der Waals surface area contributed by atoms with Crippen LogP contribution in [0, 0.1) is 31.5 Å². The number of aromatic nitrogens is 2. The van der Waals surface area contributed by atoms with Crippen molar-refractivity contribution in [2.75, 3.05) is 6.61 Å². The number of nitrogens with zero attached hydrogens (tertiary/aromatic N) is 2. The van der Waals surface area contributed by atoms with E-state index in [4.69, 9.17) is 5.11 Å². The molecular weight excluding hydrogens is 255 g/mol. The molecule has 2 aromatic rings. The first kappa shape index (κ1) is 14.3. The zero-order chi connectivity index (χ0) is 14.5. The Hall–Kier alpha value is -2.12. The molecule has 0 saturated carbocycles. The Morgan fingerprint density at radius 3 is 2.70 bits per heavy atom. The summed E-state index contributed by atoms with van der Waals surface area (Å²) in [7, 11) is 0. The zero-order valence-electron chi connectivity index (χ0n) is 11.7. The molecule has 1 heterocycles. The number of hydrogen-bond acceptors (Lipinski definition) is 2. The van der Waals surface area contributed by atoms with Crippen LogP contribution in [0.15, 0.2) is 24.3 Å². The van der Waals surface area contributed by atoms with Crippen LogP contribution in [0.5, 0.6) is 0 Å². The number of aliphatic hydroxyl groups excluding tert-OH is 1. The van der Waals surface area contributed by atoms with E-state index in [-0.39, 0.29) is 12.4 Å². The van der Waals surface area contributed by atoms with Crippen molar-refractivity contribution in [1.82, 2.24) is 9.78 Å². The van der Waals surface area contributed by atoms with Gasteiger partial charge in [0.2, 0.25) is 0 Å². The highest BCUT2D eigenvalue weighted by molar-refractivity contribution is 5.37. The summed E-state index contributed by atoms with van der Waals surface area (Å²) in [6.45, 7) is 4.30. The summed E-state index contributed by atoms with van der Waals surface area (Å²) in [4.78, 5) is 0. The topological polar surface area (TPSA) is 38.0 Å². The standard InChI is InChI=1S/C16H17FN2O/c1-12-9-13(2)19(18-12)11-15-7-6-14(10-16(15)17)5-3-4-8-20/h6-7,9-10,20H,4,8,11H2,1-2H3. The van der Waals surface area contributed by atoms with Gasteiger partial charge in [0, 0.05) is 23.2 Å². The summed E-state index contributed by atoms with van der Waals surface area (Å²) >= 11 is 0. The van der Waals surface area contributed by atoms with Gasteiger partial charge in [0.05, 0.1) is 18.8 Å². The lowest BCUT2D eigenvalue weighted by molar-refractivity contribution is 0.305. The summed E-state index contributed by atoms with van der Waals surface area (Å²) in [6, 6.07) is 6.90. The average molecular weight is 272 g/mol. The number of halogens is 1. The van der Waals surface area contributed by atoms with E-state index in [2.05, 4.69) is 16.9 Å². The Balaban J connectivity index is 2.18. The highest BCUT2D eigenvalue weighted by Gasteiger charge is 2.07. The van der Waals surface area contributed by atoms with Gasteiger partial charge in [-0.15, -0.1) is 0 Å². The van der Waals surface area contributed by atoms with Crippen LogP contribution in [-0.2, 0) is 6.54 Å². The van der Waals surface area contributed by atoms with Crippen molar-refractivity contribution < 1.29 is 9.50 Å². The predicted molar refractivity (Wildman–Crippen MR) is 75.8 cm³/mol. The molecule has 1 N–H and O–H groups in total. The number of hydrogen-bond donors (Lipinski definition) is 1. The molecule has 4 heteroatoms. The lowest BCUT2D eigenvalue weighted by atomic mass is 10.1. The summed E-state index contributed by atoms with van der Waals surface area (Å²) < 4.78 is 15.8. The van der Waals surface area contributed by atoms with Gasteiger partial charge in [-0.25, -0.2) is 4.39 Å². The number of aliphatic hydroxyl groups is 1. The molecule has 3 nitrogen and oxygen atoms in total. The molecule has 0 aliphatic rings. The number of benzene rings is 1. The normalized spacial score (nSPS) is 10.2. The van der Waals surface area contributed by atoms with Gasteiger partial charge < -0.3 is 5.11 Å². The van der Waals surface area contributed by atoms with Crippen LogP contribution >= 0.6 is 0 Å². The summed E-state index contributed by atoms with van der Waals surface area (Å²) in [5, 5.41) is 13.0. The molecule has 0 bridgehead atoms. The van der Waals surface area contributed by atoms with Crippen molar-refractivity contribution in [2.24, 2.45) is 0 Å². The molecule has 0 amide bonds. The molecule has 0 unspecified atom stereocenters. The molecule has 1 aromatic heterocycles. The quantitative estimate of drug-likeness (QED) is 0.871. The SMILES string of the molecule is Cc1cc(C)n(Cc2ccc(C#CCCO)cc2F)n1. The molecule has 104 valence electrons. The van der Waals surface area contributed by atoms with Crippen LogP contribution in [0.25, 0.3) is 0 Å². The van der Waals surface area contributed by atoms with Gasteiger partial charge in [-0.1, -0.05) is 17.9 Å². The predicted octanol–water partition coefficient (Wildman–Crippen LogP) is 2.42. The Morgan fingerprint density at radius 2 is 2.10 bits per heavy atom. The molecular formula is C16H17FN2O. The summed E-state index contributed by atoms with van der Waals surface area (Å²) in [6.07, 6.45) is 0.398. The maximum Gasteiger partial charge on any atom is 0.129 e. The lowest BCUT2D eigenvalue weighted by Gasteiger charge is -2.06. The van der Waals surface area contributed by atoms with E-state index < -0.39 is 0 Å². The highest BCUT2D eigenvalue weighted by atomic mass is 19.1. The molecule has 0 fully saturated rings. The van der Waals surface area contributed by atoms with Gasteiger partial charge in [-0.2, -0.15) is 5.10 Å². The molecule has 0 saturated heterocycles. The van der Waals surface area contributed by atoms with E-state index in [9.17, 15) is 4.39 Å². The number of rotatable bonds is 3. The molecule has 0 radical (unpaired) electrons. The maximum atomic E-state index is 14.0. The fourth-order valence-electron chi connectivity index (χ4n) is 1.97. The second-order valence-electron chi connectivity index (χ2n) is 4.67. The molecule has 0 atom stereocenters. The van der Waals surface area contributed by atoms with Crippen LogP contribution in [-0.4, -0.2) is 21.5 Å². The Labute approximate surface area is 118 Å². The van der Waals surface area contributed by atoms with Gasteiger partial charge in [0.15, 0.2) is 0 Å². The second kappa shape index (κ2) is 6.36. The van der Waals surface area contributed by atoms with Gasteiger partial charge in [0.25, 0.3) is 0 Å². The fraction of sp³-hybridized carbons (Fsp3) is 0.312. The van der Waals surface area contributed by atoms with E-state index in [0.717, 1.165) is 11.4 Å². The maximum absolute atomic E-state index is 14.0.